The largest absolute Gasteiger partial charge is 0.373 e. The lowest BCUT2D eigenvalue weighted by Crippen LogP contribution is -2.39. The fraction of sp³-hybridized carbons (Fsp3) is 0.500. The summed E-state index contributed by atoms with van der Waals surface area (Å²) in [5, 5.41) is 7.06. The minimum absolute atomic E-state index is 0.0155. The second-order valence-corrected chi connectivity index (χ2v) is 6.70. The lowest BCUT2D eigenvalue weighted by atomic mass is 9.91. The predicted molar refractivity (Wildman–Crippen MR) is 90.1 cm³/mol. The van der Waals surface area contributed by atoms with Crippen molar-refractivity contribution in [2.24, 2.45) is 0 Å². The number of rotatable bonds is 4. The first kappa shape index (κ1) is 15.2. The maximum Gasteiger partial charge on any atom is 0.276 e. The Morgan fingerprint density at radius 1 is 1.29 bits per heavy atom. The number of aromatic nitrogens is 2. The summed E-state index contributed by atoms with van der Waals surface area (Å²) in [7, 11) is 1.87. The third kappa shape index (κ3) is 3.00. The molecule has 1 aliphatic carbocycles. The molecule has 2 aromatic heterocycles. The average molecular weight is 326 g/mol. The van der Waals surface area contributed by atoms with Crippen LogP contribution in [-0.2, 0) is 0 Å². The number of nitrogens with zero attached hydrogens (tertiary/aromatic N) is 3. The van der Waals surface area contributed by atoms with Gasteiger partial charge in [-0.1, -0.05) is 5.16 Å². The van der Waals surface area contributed by atoms with Crippen molar-refractivity contribution in [1.82, 2.24) is 15.0 Å². The molecule has 1 saturated heterocycles. The van der Waals surface area contributed by atoms with E-state index in [1.54, 1.807) is 0 Å². The number of nitrogens with one attached hydrogen (secondary N) is 1. The fourth-order valence-electron chi connectivity index (χ4n) is 3.38. The predicted octanol–water partition coefficient (Wildman–Crippen LogP) is 3.01. The molecule has 1 N–H and O–H groups in total. The van der Waals surface area contributed by atoms with Gasteiger partial charge in [-0.3, -0.25) is 4.79 Å². The van der Waals surface area contributed by atoms with Gasteiger partial charge in [0.1, 0.15) is 11.6 Å². The summed E-state index contributed by atoms with van der Waals surface area (Å²) in [6.45, 7) is 1.50. The normalized spacial score (nSPS) is 20.9. The van der Waals surface area contributed by atoms with Crippen molar-refractivity contribution in [3.8, 4) is 0 Å². The highest BCUT2D eigenvalue weighted by molar-refractivity contribution is 5.92. The van der Waals surface area contributed by atoms with Crippen LogP contribution in [0.1, 0.15) is 59.3 Å². The van der Waals surface area contributed by atoms with Gasteiger partial charge in [0.15, 0.2) is 5.69 Å². The molecule has 1 aliphatic heterocycles. The van der Waals surface area contributed by atoms with Crippen LogP contribution in [0, 0.1) is 0 Å². The summed E-state index contributed by atoms with van der Waals surface area (Å²) < 4.78 is 5.33. The summed E-state index contributed by atoms with van der Waals surface area (Å²) in [5.74, 6) is 2.53. The number of pyridine rings is 1. The van der Waals surface area contributed by atoms with E-state index in [1.165, 1.54) is 5.56 Å². The molecule has 0 bridgehead atoms. The highest BCUT2D eigenvalue weighted by Gasteiger charge is 2.31. The lowest BCUT2D eigenvalue weighted by molar-refractivity contribution is 0.0696. The number of likely N-dealkylation sites (tertiary alicyclic amines) is 1. The van der Waals surface area contributed by atoms with Crippen LogP contribution in [0.5, 0.6) is 0 Å². The molecule has 1 saturated carbocycles. The average Bonchev–Trinajstić information content (AvgIpc) is 3.38. The molecule has 1 atom stereocenters. The van der Waals surface area contributed by atoms with E-state index in [4.69, 9.17) is 4.52 Å². The van der Waals surface area contributed by atoms with Crippen LogP contribution in [0.2, 0.25) is 0 Å². The maximum atomic E-state index is 12.7. The summed E-state index contributed by atoms with van der Waals surface area (Å²) in [4.78, 5) is 18.9. The molecule has 126 valence electrons. The number of piperidine rings is 1. The van der Waals surface area contributed by atoms with Gasteiger partial charge in [-0.05, 0) is 43.4 Å². The number of carbonyl (C=O) groups excluding carboxylic acids is 1. The highest BCUT2D eigenvalue weighted by atomic mass is 16.5. The molecule has 1 amide bonds. The van der Waals surface area contributed by atoms with Crippen molar-refractivity contribution in [2.45, 2.75) is 37.5 Å². The van der Waals surface area contributed by atoms with Crippen LogP contribution in [0.3, 0.4) is 0 Å². The van der Waals surface area contributed by atoms with E-state index in [0.29, 0.717) is 17.5 Å². The highest BCUT2D eigenvalue weighted by Crippen LogP contribution is 2.40. The van der Waals surface area contributed by atoms with Gasteiger partial charge in [0, 0.05) is 44.2 Å². The SMILES string of the molecule is CNc1cc(C2CCCN(C(=O)c3cc(C4CC4)on3)C2)ccn1. The molecule has 1 unspecified atom stereocenters. The number of carbonyl (C=O) groups is 1. The van der Waals surface area contributed by atoms with Crippen molar-refractivity contribution in [3.05, 3.63) is 41.4 Å². The molecular weight excluding hydrogens is 304 g/mol. The van der Waals surface area contributed by atoms with Gasteiger partial charge in [-0.2, -0.15) is 0 Å². The van der Waals surface area contributed by atoms with Crippen molar-refractivity contribution in [1.29, 1.82) is 0 Å². The molecular formula is C18H22N4O2. The molecule has 6 nitrogen and oxygen atoms in total. The Labute approximate surface area is 141 Å². The minimum Gasteiger partial charge on any atom is -0.373 e. The third-order valence-electron chi connectivity index (χ3n) is 4.95. The van der Waals surface area contributed by atoms with E-state index in [2.05, 4.69) is 21.5 Å². The molecule has 3 heterocycles. The first-order chi connectivity index (χ1) is 11.7. The van der Waals surface area contributed by atoms with Crippen LogP contribution >= 0.6 is 0 Å². The van der Waals surface area contributed by atoms with Gasteiger partial charge in [0.05, 0.1) is 0 Å². The third-order valence-corrected chi connectivity index (χ3v) is 4.95. The molecule has 0 aromatic carbocycles. The Kier molecular flexibility index (Phi) is 3.96. The smallest absolute Gasteiger partial charge is 0.276 e. The van der Waals surface area contributed by atoms with Crippen LogP contribution in [0.25, 0.3) is 0 Å². The van der Waals surface area contributed by atoms with Crippen LogP contribution in [-0.4, -0.2) is 41.1 Å². The van der Waals surface area contributed by atoms with E-state index in [0.717, 1.165) is 50.4 Å². The summed E-state index contributed by atoms with van der Waals surface area (Å²) >= 11 is 0. The topological polar surface area (TPSA) is 71.3 Å². The summed E-state index contributed by atoms with van der Waals surface area (Å²) in [6, 6.07) is 5.94. The Balaban J connectivity index is 1.48. The number of hydrogen-bond donors (Lipinski definition) is 1. The van der Waals surface area contributed by atoms with E-state index < -0.39 is 0 Å². The molecule has 4 rings (SSSR count). The van der Waals surface area contributed by atoms with Gasteiger partial charge in [-0.15, -0.1) is 0 Å². The van der Waals surface area contributed by atoms with E-state index >= 15 is 0 Å². The lowest BCUT2D eigenvalue weighted by Gasteiger charge is -2.32. The Hall–Kier alpha value is -2.37. The van der Waals surface area contributed by atoms with Crippen molar-refractivity contribution in [2.75, 3.05) is 25.5 Å². The van der Waals surface area contributed by atoms with Crippen molar-refractivity contribution in [3.63, 3.8) is 0 Å². The van der Waals surface area contributed by atoms with Crippen LogP contribution in [0.4, 0.5) is 5.82 Å². The first-order valence-corrected chi connectivity index (χ1v) is 8.64. The minimum atomic E-state index is -0.0155. The molecule has 24 heavy (non-hydrogen) atoms. The second-order valence-electron chi connectivity index (χ2n) is 6.70. The number of amides is 1. The molecule has 0 radical (unpaired) electrons. The first-order valence-electron chi connectivity index (χ1n) is 8.64. The van der Waals surface area contributed by atoms with E-state index in [9.17, 15) is 4.79 Å². The Bertz CT molecular complexity index is 738. The second kappa shape index (κ2) is 6.26. The van der Waals surface area contributed by atoms with Crippen LogP contribution < -0.4 is 5.32 Å². The molecule has 2 aliphatic rings. The van der Waals surface area contributed by atoms with Crippen molar-refractivity contribution < 1.29 is 9.32 Å². The van der Waals surface area contributed by atoms with E-state index in [1.807, 2.05) is 30.3 Å². The monoisotopic (exact) mass is 326 g/mol. The van der Waals surface area contributed by atoms with Gasteiger partial charge in [0.25, 0.3) is 5.91 Å². The van der Waals surface area contributed by atoms with Gasteiger partial charge >= 0.3 is 0 Å². The molecule has 6 heteroatoms. The van der Waals surface area contributed by atoms with Crippen molar-refractivity contribution >= 4 is 11.7 Å². The fourth-order valence-corrected chi connectivity index (χ4v) is 3.38. The van der Waals surface area contributed by atoms with Gasteiger partial charge in [0.2, 0.25) is 0 Å². The zero-order valence-electron chi connectivity index (χ0n) is 13.9. The summed E-state index contributed by atoms with van der Waals surface area (Å²) in [5.41, 5.74) is 1.67. The standard InChI is InChI=1S/C18H22N4O2/c1-19-17-9-13(6-7-20-17)14-3-2-8-22(11-14)18(23)15-10-16(24-21-15)12-4-5-12/h6-7,9-10,12,14H,2-5,8,11H2,1H3,(H,19,20). The Morgan fingerprint density at radius 2 is 2.17 bits per heavy atom. The molecule has 2 aromatic rings. The van der Waals surface area contributed by atoms with Gasteiger partial charge in [-0.25, -0.2) is 4.98 Å². The number of anilines is 1. The number of hydrogen-bond acceptors (Lipinski definition) is 5. The summed E-state index contributed by atoms with van der Waals surface area (Å²) in [6.07, 6.45) is 6.19. The molecule has 0 spiro atoms. The maximum absolute atomic E-state index is 12.7. The van der Waals surface area contributed by atoms with Gasteiger partial charge < -0.3 is 14.7 Å². The van der Waals surface area contributed by atoms with E-state index in [-0.39, 0.29) is 5.91 Å². The molecule has 2 fully saturated rings. The quantitative estimate of drug-likeness (QED) is 0.935. The zero-order chi connectivity index (χ0) is 16.5. The zero-order valence-corrected chi connectivity index (χ0v) is 13.9. The van der Waals surface area contributed by atoms with Crippen LogP contribution in [0.15, 0.2) is 28.9 Å². The Morgan fingerprint density at radius 3 is 2.96 bits per heavy atom.